The van der Waals surface area contributed by atoms with Crippen molar-refractivity contribution in [2.24, 2.45) is 5.92 Å². The number of hydrogen-bond acceptors (Lipinski definition) is 3. The SMILES string of the molecule is CC(C)C(C=O)c1ccno1. The predicted octanol–water partition coefficient (Wildman–Crippen LogP) is 1.61. The van der Waals surface area contributed by atoms with E-state index in [1.165, 1.54) is 0 Å². The minimum Gasteiger partial charge on any atom is -0.361 e. The van der Waals surface area contributed by atoms with Gasteiger partial charge in [-0.3, -0.25) is 0 Å². The molecule has 0 aliphatic rings. The van der Waals surface area contributed by atoms with E-state index in [1.807, 2.05) is 13.8 Å². The van der Waals surface area contributed by atoms with Crippen LogP contribution in [-0.2, 0) is 4.79 Å². The van der Waals surface area contributed by atoms with E-state index in [1.54, 1.807) is 12.3 Å². The van der Waals surface area contributed by atoms with Gasteiger partial charge in [0.1, 0.15) is 12.0 Å². The van der Waals surface area contributed by atoms with Crippen LogP contribution in [0, 0.1) is 5.92 Å². The maximum absolute atomic E-state index is 10.6. The molecule has 0 aromatic carbocycles. The van der Waals surface area contributed by atoms with Crippen LogP contribution >= 0.6 is 0 Å². The van der Waals surface area contributed by atoms with Gasteiger partial charge in [-0.05, 0) is 5.92 Å². The molecule has 0 amide bonds. The summed E-state index contributed by atoms with van der Waals surface area (Å²) in [4.78, 5) is 10.6. The van der Waals surface area contributed by atoms with Crippen molar-refractivity contribution < 1.29 is 9.32 Å². The first kappa shape index (κ1) is 7.98. The topological polar surface area (TPSA) is 43.1 Å². The van der Waals surface area contributed by atoms with Crippen LogP contribution in [0.25, 0.3) is 0 Å². The van der Waals surface area contributed by atoms with Gasteiger partial charge < -0.3 is 9.32 Å². The minimum atomic E-state index is -0.155. The van der Waals surface area contributed by atoms with E-state index in [-0.39, 0.29) is 11.8 Å². The molecule has 1 rings (SSSR count). The fourth-order valence-corrected chi connectivity index (χ4v) is 0.950. The number of nitrogens with zero attached hydrogens (tertiary/aromatic N) is 1. The average molecular weight is 153 g/mol. The Hall–Kier alpha value is -1.12. The van der Waals surface area contributed by atoms with Gasteiger partial charge in [0.15, 0.2) is 0 Å². The van der Waals surface area contributed by atoms with Gasteiger partial charge >= 0.3 is 0 Å². The van der Waals surface area contributed by atoms with Crippen molar-refractivity contribution in [1.82, 2.24) is 5.16 Å². The second kappa shape index (κ2) is 3.32. The van der Waals surface area contributed by atoms with E-state index in [0.29, 0.717) is 5.76 Å². The zero-order chi connectivity index (χ0) is 8.27. The zero-order valence-corrected chi connectivity index (χ0v) is 6.65. The summed E-state index contributed by atoms with van der Waals surface area (Å²) >= 11 is 0. The third-order valence-corrected chi connectivity index (χ3v) is 1.65. The largest absolute Gasteiger partial charge is 0.361 e. The number of aromatic nitrogens is 1. The van der Waals surface area contributed by atoms with Gasteiger partial charge in [0.05, 0.1) is 12.1 Å². The van der Waals surface area contributed by atoms with Crippen molar-refractivity contribution in [3.05, 3.63) is 18.0 Å². The lowest BCUT2D eigenvalue weighted by Crippen LogP contribution is -2.06. The van der Waals surface area contributed by atoms with Crippen LogP contribution < -0.4 is 0 Å². The van der Waals surface area contributed by atoms with Gasteiger partial charge in [-0.25, -0.2) is 0 Å². The number of carbonyl (C=O) groups excluding carboxylic acids is 1. The van der Waals surface area contributed by atoms with Gasteiger partial charge in [-0.15, -0.1) is 0 Å². The van der Waals surface area contributed by atoms with E-state index in [2.05, 4.69) is 5.16 Å². The third-order valence-electron chi connectivity index (χ3n) is 1.65. The van der Waals surface area contributed by atoms with E-state index in [9.17, 15) is 4.79 Å². The monoisotopic (exact) mass is 153 g/mol. The van der Waals surface area contributed by atoms with Crippen LogP contribution in [0.1, 0.15) is 25.5 Å². The summed E-state index contributed by atoms with van der Waals surface area (Å²) in [6, 6.07) is 1.72. The molecule has 11 heavy (non-hydrogen) atoms. The van der Waals surface area contributed by atoms with Crippen molar-refractivity contribution in [1.29, 1.82) is 0 Å². The highest BCUT2D eigenvalue weighted by Gasteiger charge is 2.17. The second-order valence-electron chi connectivity index (χ2n) is 2.82. The molecule has 1 heterocycles. The fraction of sp³-hybridized carbons (Fsp3) is 0.500. The molecule has 0 aliphatic carbocycles. The highest BCUT2D eigenvalue weighted by molar-refractivity contribution is 5.60. The molecule has 0 N–H and O–H groups in total. The summed E-state index contributed by atoms with van der Waals surface area (Å²) in [6.07, 6.45) is 2.44. The number of rotatable bonds is 3. The molecule has 0 aliphatic heterocycles. The van der Waals surface area contributed by atoms with Crippen molar-refractivity contribution in [3.63, 3.8) is 0 Å². The Morgan fingerprint density at radius 2 is 2.36 bits per heavy atom. The van der Waals surface area contributed by atoms with Gasteiger partial charge in [0, 0.05) is 6.07 Å². The average Bonchev–Trinajstić information content (AvgIpc) is 2.40. The Morgan fingerprint density at radius 3 is 2.73 bits per heavy atom. The van der Waals surface area contributed by atoms with Crippen LogP contribution in [-0.4, -0.2) is 11.4 Å². The molecule has 1 aromatic heterocycles. The summed E-state index contributed by atoms with van der Waals surface area (Å²) < 4.78 is 4.87. The molecule has 1 atom stereocenters. The van der Waals surface area contributed by atoms with Gasteiger partial charge in [0.25, 0.3) is 0 Å². The van der Waals surface area contributed by atoms with Crippen LogP contribution in [0.4, 0.5) is 0 Å². The molecular formula is C8H11NO2. The fourth-order valence-electron chi connectivity index (χ4n) is 0.950. The number of carbonyl (C=O) groups is 1. The molecule has 1 unspecified atom stereocenters. The standard InChI is InChI=1S/C8H11NO2/c1-6(2)7(5-10)8-3-4-9-11-8/h3-7H,1-2H3. The number of aldehydes is 1. The summed E-state index contributed by atoms with van der Waals surface area (Å²) in [7, 11) is 0. The van der Waals surface area contributed by atoms with Gasteiger partial charge in [0.2, 0.25) is 0 Å². The van der Waals surface area contributed by atoms with E-state index >= 15 is 0 Å². The highest BCUT2D eigenvalue weighted by Crippen LogP contribution is 2.20. The Kier molecular flexibility index (Phi) is 2.41. The van der Waals surface area contributed by atoms with Crippen LogP contribution in [0.15, 0.2) is 16.8 Å². The van der Waals surface area contributed by atoms with Crippen molar-refractivity contribution in [2.75, 3.05) is 0 Å². The van der Waals surface area contributed by atoms with Gasteiger partial charge in [-0.1, -0.05) is 19.0 Å². The quantitative estimate of drug-likeness (QED) is 0.619. The smallest absolute Gasteiger partial charge is 0.147 e. The van der Waals surface area contributed by atoms with E-state index in [4.69, 9.17) is 4.52 Å². The van der Waals surface area contributed by atoms with Gasteiger partial charge in [-0.2, -0.15) is 0 Å². The molecule has 0 radical (unpaired) electrons. The Balaban J connectivity index is 2.79. The van der Waals surface area contributed by atoms with Crippen LogP contribution in [0.5, 0.6) is 0 Å². The molecule has 1 aromatic rings. The van der Waals surface area contributed by atoms with Crippen molar-refractivity contribution in [2.45, 2.75) is 19.8 Å². The van der Waals surface area contributed by atoms with E-state index in [0.717, 1.165) is 6.29 Å². The molecular weight excluding hydrogens is 142 g/mol. The maximum atomic E-state index is 10.6. The second-order valence-corrected chi connectivity index (χ2v) is 2.82. The Bertz CT molecular complexity index is 216. The summed E-state index contributed by atoms with van der Waals surface area (Å²) in [5.41, 5.74) is 0. The van der Waals surface area contributed by atoms with Crippen LogP contribution in [0.2, 0.25) is 0 Å². The first-order chi connectivity index (χ1) is 5.25. The molecule has 0 saturated carbocycles. The van der Waals surface area contributed by atoms with Crippen LogP contribution in [0.3, 0.4) is 0 Å². The lowest BCUT2D eigenvalue weighted by Gasteiger charge is -2.08. The Morgan fingerprint density at radius 1 is 1.64 bits per heavy atom. The van der Waals surface area contributed by atoms with E-state index < -0.39 is 0 Å². The molecule has 0 bridgehead atoms. The highest BCUT2D eigenvalue weighted by atomic mass is 16.5. The Labute approximate surface area is 65.4 Å². The lowest BCUT2D eigenvalue weighted by molar-refractivity contribution is -0.110. The molecule has 0 fully saturated rings. The molecule has 3 heteroatoms. The molecule has 60 valence electrons. The normalized spacial score (nSPS) is 13.4. The lowest BCUT2D eigenvalue weighted by atomic mass is 9.95. The predicted molar refractivity (Wildman–Crippen MR) is 40.1 cm³/mol. The third kappa shape index (κ3) is 1.67. The summed E-state index contributed by atoms with van der Waals surface area (Å²) in [5.74, 6) is 0.757. The molecule has 0 spiro atoms. The van der Waals surface area contributed by atoms with Crippen molar-refractivity contribution >= 4 is 6.29 Å². The molecule has 3 nitrogen and oxygen atoms in total. The minimum absolute atomic E-state index is 0.155. The number of hydrogen-bond donors (Lipinski definition) is 0. The van der Waals surface area contributed by atoms with Crippen molar-refractivity contribution in [3.8, 4) is 0 Å². The first-order valence-corrected chi connectivity index (χ1v) is 3.61. The zero-order valence-electron chi connectivity index (χ0n) is 6.65. The maximum Gasteiger partial charge on any atom is 0.147 e. The summed E-state index contributed by atoms with van der Waals surface area (Å²) in [5, 5.41) is 3.54. The molecule has 0 saturated heterocycles. The summed E-state index contributed by atoms with van der Waals surface area (Å²) in [6.45, 7) is 3.95. The first-order valence-electron chi connectivity index (χ1n) is 3.61.